The van der Waals surface area contributed by atoms with Gasteiger partial charge in [-0.3, -0.25) is 4.79 Å². The number of nitrogens with two attached hydrogens (primary N) is 1. The number of rotatable bonds is 2. The summed E-state index contributed by atoms with van der Waals surface area (Å²) >= 11 is 2.18. The molecule has 0 fully saturated rings. The van der Waals surface area contributed by atoms with E-state index in [1.165, 1.54) is 0 Å². The lowest BCUT2D eigenvalue weighted by Crippen LogP contribution is -2.25. The monoisotopic (exact) mass is 227 g/mol. The minimum absolute atomic E-state index is 0.00407. The van der Waals surface area contributed by atoms with Crippen molar-refractivity contribution in [3.63, 3.8) is 0 Å². The van der Waals surface area contributed by atoms with Crippen molar-refractivity contribution in [1.82, 2.24) is 0 Å². The maximum absolute atomic E-state index is 10.4. The minimum atomic E-state index is -0.216. The first-order chi connectivity index (χ1) is 3.55. The molecule has 0 rings (SSSR count). The number of primary amides is 1. The van der Waals surface area contributed by atoms with Crippen molar-refractivity contribution in [3.8, 4) is 0 Å². The normalized spacial score (nSPS) is 17.4. The Morgan fingerprint density at radius 3 is 2.00 bits per heavy atom. The zero-order valence-electron chi connectivity index (χ0n) is 5.02. The van der Waals surface area contributed by atoms with E-state index in [0.717, 1.165) is 0 Å². The van der Waals surface area contributed by atoms with Crippen LogP contribution in [0.2, 0.25) is 0 Å². The Kier molecular flexibility index (Phi) is 3.35. The van der Waals surface area contributed by atoms with E-state index in [4.69, 9.17) is 5.73 Å². The van der Waals surface area contributed by atoms with E-state index < -0.39 is 0 Å². The molecular formula is C5H10INO. The van der Waals surface area contributed by atoms with Crippen LogP contribution in [0.15, 0.2) is 0 Å². The van der Waals surface area contributed by atoms with Crippen LogP contribution in [0.25, 0.3) is 0 Å². The number of carbonyl (C=O) groups excluding carboxylic acids is 1. The van der Waals surface area contributed by atoms with Crippen LogP contribution in [-0.2, 0) is 4.79 Å². The van der Waals surface area contributed by atoms with Crippen molar-refractivity contribution in [1.29, 1.82) is 0 Å². The topological polar surface area (TPSA) is 43.1 Å². The van der Waals surface area contributed by atoms with Crippen LogP contribution < -0.4 is 5.73 Å². The second-order valence-corrected chi connectivity index (χ2v) is 3.83. The molecule has 1 amide bonds. The number of hydrogen-bond donors (Lipinski definition) is 1. The number of halogens is 1. The van der Waals surface area contributed by atoms with Gasteiger partial charge in [-0.1, -0.05) is 36.4 Å². The van der Waals surface area contributed by atoms with E-state index in [-0.39, 0.29) is 11.8 Å². The molecule has 0 aromatic heterocycles. The summed E-state index contributed by atoms with van der Waals surface area (Å²) in [7, 11) is 0. The van der Waals surface area contributed by atoms with E-state index >= 15 is 0 Å². The summed E-state index contributed by atoms with van der Waals surface area (Å²) < 4.78 is 0.338. The van der Waals surface area contributed by atoms with Gasteiger partial charge in [-0.2, -0.15) is 0 Å². The summed E-state index contributed by atoms with van der Waals surface area (Å²) in [5.41, 5.74) is 4.99. The van der Waals surface area contributed by atoms with Gasteiger partial charge >= 0.3 is 0 Å². The highest BCUT2D eigenvalue weighted by Crippen LogP contribution is 2.10. The van der Waals surface area contributed by atoms with Crippen molar-refractivity contribution in [2.75, 3.05) is 0 Å². The van der Waals surface area contributed by atoms with Gasteiger partial charge in [-0.25, -0.2) is 0 Å². The molecule has 0 radical (unpaired) electrons. The molecule has 0 saturated carbocycles. The molecule has 0 bridgehead atoms. The van der Waals surface area contributed by atoms with Crippen molar-refractivity contribution in [2.24, 2.45) is 11.7 Å². The van der Waals surface area contributed by atoms with E-state index in [1.807, 2.05) is 13.8 Å². The summed E-state index contributed by atoms with van der Waals surface area (Å²) in [4.78, 5) is 10.4. The van der Waals surface area contributed by atoms with Crippen LogP contribution in [-0.4, -0.2) is 9.83 Å². The van der Waals surface area contributed by atoms with Crippen molar-refractivity contribution < 1.29 is 4.79 Å². The van der Waals surface area contributed by atoms with Gasteiger partial charge in [0.1, 0.15) is 0 Å². The highest BCUT2D eigenvalue weighted by atomic mass is 127. The summed E-state index contributed by atoms with van der Waals surface area (Å²) in [6.45, 7) is 3.80. The first-order valence-corrected chi connectivity index (χ1v) is 3.73. The highest BCUT2D eigenvalue weighted by Gasteiger charge is 2.13. The molecule has 0 aromatic carbocycles. The molecule has 2 atom stereocenters. The quantitative estimate of drug-likeness (QED) is 0.553. The lowest BCUT2D eigenvalue weighted by atomic mass is 10.1. The molecule has 2 nitrogen and oxygen atoms in total. The molecule has 0 spiro atoms. The second kappa shape index (κ2) is 3.27. The zero-order valence-corrected chi connectivity index (χ0v) is 7.18. The van der Waals surface area contributed by atoms with Crippen molar-refractivity contribution >= 4 is 28.5 Å². The largest absolute Gasteiger partial charge is 0.369 e. The zero-order chi connectivity index (χ0) is 6.73. The van der Waals surface area contributed by atoms with Gasteiger partial charge in [0.05, 0.1) is 0 Å². The lowest BCUT2D eigenvalue weighted by Gasteiger charge is -2.07. The van der Waals surface area contributed by atoms with Crippen LogP contribution in [0.4, 0.5) is 0 Å². The van der Waals surface area contributed by atoms with Crippen molar-refractivity contribution in [3.05, 3.63) is 0 Å². The van der Waals surface area contributed by atoms with Gasteiger partial charge in [0, 0.05) is 9.84 Å². The van der Waals surface area contributed by atoms with Crippen LogP contribution in [0, 0.1) is 5.92 Å². The molecule has 8 heavy (non-hydrogen) atoms. The van der Waals surface area contributed by atoms with Crippen LogP contribution >= 0.6 is 22.6 Å². The van der Waals surface area contributed by atoms with Gasteiger partial charge in [-0.15, -0.1) is 0 Å². The fourth-order valence-electron chi connectivity index (χ4n) is 0.226. The maximum atomic E-state index is 10.4. The number of carbonyl (C=O) groups is 1. The standard InChI is InChI=1S/C5H10INO/c1-3(4(2)6)5(7)8/h3-4H,1-2H3,(H2,7,8). The Labute approximate surface area is 63.0 Å². The van der Waals surface area contributed by atoms with E-state index in [0.29, 0.717) is 3.92 Å². The summed E-state index contributed by atoms with van der Waals surface area (Å²) in [6, 6.07) is 0. The molecule has 0 aromatic rings. The Morgan fingerprint density at radius 2 is 2.00 bits per heavy atom. The van der Waals surface area contributed by atoms with E-state index in [1.54, 1.807) is 0 Å². The number of alkyl halides is 1. The molecule has 48 valence electrons. The third-order valence-corrected chi connectivity index (χ3v) is 2.22. The average molecular weight is 227 g/mol. The molecule has 0 saturated heterocycles. The summed E-state index contributed by atoms with van der Waals surface area (Å²) in [5, 5.41) is 0. The summed E-state index contributed by atoms with van der Waals surface area (Å²) in [6.07, 6.45) is 0. The Morgan fingerprint density at radius 1 is 1.62 bits per heavy atom. The predicted molar refractivity (Wildman–Crippen MR) is 41.8 cm³/mol. The second-order valence-electron chi connectivity index (χ2n) is 1.87. The highest BCUT2D eigenvalue weighted by molar-refractivity contribution is 14.1. The Balaban J connectivity index is 3.64. The minimum Gasteiger partial charge on any atom is -0.369 e. The molecular weight excluding hydrogens is 217 g/mol. The van der Waals surface area contributed by atoms with Gasteiger partial charge in [0.2, 0.25) is 5.91 Å². The van der Waals surface area contributed by atoms with Gasteiger partial charge < -0.3 is 5.73 Å². The van der Waals surface area contributed by atoms with Crippen LogP contribution in [0.3, 0.4) is 0 Å². The van der Waals surface area contributed by atoms with Crippen molar-refractivity contribution in [2.45, 2.75) is 17.8 Å². The summed E-state index contributed by atoms with van der Waals surface area (Å²) in [5.74, 6) is -0.220. The molecule has 0 aliphatic carbocycles. The third kappa shape index (κ3) is 2.49. The number of amides is 1. The third-order valence-electron chi connectivity index (χ3n) is 1.14. The molecule has 2 N–H and O–H groups in total. The fourth-order valence-corrected chi connectivity index (χ4v) is 0.581. The Hall–Kier alpha value is 0.200. The first kappa shape index (κ1) is 8.20. The fraction of sp³-hybridized carbons (Fsp3) is 0.800. The van der Waals surface area contributed by atoms with E-state index in [2.05, 4.69) is 22.6 Å². The molecule has 0 aliphatic heterocycles. The molecule has 2 unspecified atom stereocenters. The Bertz CT molecular complexity index is 92.4. The SMILES string of the molecule is CC(I)C(C)C(N)=O. The van der Waals surface area contributed by atoms with Gasteiger partial charge in [0.15, 0.2) is 0 Å². The smallest absolute Gasteiger partial charge is 0.221 e. The van der Waals surface area contributed by atoms with E-state index in [9.17, 15) is 4.79 Å². The maximum Gasteiger partial charge on any atom is 0.221 e. The van der Waals surface area contributed by atoms with Gasteiger partial charge in [0.25, 0.3) is 0 Å². The lowest BCUT2D eigenvalue weighted by molar-refractivity contribution is -0.121. The average Bonchev–Trinajstić information content (AvgIpc) is 1.64. The first-order valence-electron chi connectivity index (χ1n) is 2.49. The number of hydrogen-bond acceptors (Lipinski definition) is 1. The van der Waals surface area contributed by atoms with Crippen LogP contribution in [0.1, 0.15) is 13.8 Å². The molecule has 0 heterocycles. The van der Waals surface area contributed by atoms with Gasteiger partial charge in [-0.05, 0) is 0 Å². The predicted octanol–water partition coefficient (Wildman–Crippen LogP) is 0.931. The molecule has 3 heteroatoms. The van der Waals surface area contributed by atoms with Crippen LogP contribution in [0.5, 0.6) is 0 Å². The molecule has 0 aliphatic rings.